The maximum Gasteiger partial charge on any atom is 0.125 e. The van der Waals surface area contributed by atoms with E-state index in [4.69, 9.17) is 11.6 Å². The van der Waals surface area contributed by atoms with Crippen LogP contribution in [0, 0.1) is 5.82 Å². The van der Waals surface area contributed by atoms with Crippen molar-refractivity contribution in [2.45, 2.75) is 32.4 Å². The standard InChI is InChI=1S/C14H20ClFN2/c1-2-18-5-3-4-14(10-18)17-9-11-6-12(15)8-13(16)7-11/h6-8,14,17H,2-5,9-10H2,1H3. The fourth-order valence-corrected chi connectivity index (χ4v) is 2.73. The third kappa shape index (κ3) is 3.94. The fourth-order valence-electron chi connectivity index (χ4n) is 2.48. The molecule has 1 N–H and O–H groups in total. The number of hydrogen-bond donors (Lipinski definition) is 1. The highest BCUT2D eigenvalue weighted by Crippen LogP contribution is 2.15. The van der Waals surface area contributed by atoms with E-state index < -0.39 is 0 Å². The summed E-state index contributed by atoms with van der Waals surface area (Å²) < 4.78 is 13.2. The maximum absolute atomic E-state index is 13.2. The van der Waals surface area contributed by atoms with Gasteiger partial charge in [-0.3, -0.25) is 0 Å². The predicted octanol–water partition coefficient (Wildman–Crippen LogP) is 3.05. The quantitative estimate of drug-likeness (QED) is 0.905. The number of benzene rings is 1. The highest BCUT2D eigenvalue weighted by molar-refractivity contribution is 6.30. The van der Waals surface area contributed by atoms with Crippen LogP contribution in [0.25, 0.3) is 0 Å². The van der Waals surface area contributed by atoms with Crippen molar-refractivity contribution < 1.29 is 4.39 Å². The number of likely N-dealkylation sites (tertiary alicyclic amines) is 1. The molecular weight excluding hydrogens is 251 g/mol. The van der Waals surface area contributed by atoms with Gasteiger partial charge in [0, 0.05) is 24.2 Å². The molecule has 1 fully saturated rings. The Bertz CT molecular complexity index is 377. The molecule has 100 valence electrons. The molecule has 1 unspecified atom stereocenters. The van der Waals surface area contributed by atoms with Crippen molar-refractivity contribution in [1.29, 1.82) is 0 Å². The Morgan fingerprint density at radius 2 is 2.28 bits per heavy atom. The molecule has 1 aliphatic rings. The van der Waals surface area contributed by atoms with E-state index in [-0.39, 0.29) is 5.82 Å². The molecule has 0 bridgehead atoms. The minimum atomic E-state index is -0.266. The molecular formula is C14H20ClFN2. The molecule has 0 saturated carbocycles. The van der Waals surface area contributed by atoms with Gasteiger partial charge in [-0.05, 0) is 49.7 Å². The Labute approximate surface area is 113 Å². The van der Waals surface area contributed by atoms with Gasteiger partial charge >= 0.3 is 0 Å². The van der Waals surface area contributed by atoms with E-state index in [2.05, 4.69) is 17.1 Å². The third-order valence-electron chi connectivity index (χ3n) is 3.47. The topological polar surface area (TPSA) is 15.3 Å². The molecule has 0 aliphatic carbocycles. The SMILES string of the molecule is CCN1CCCC(NCc2cc(F)cc(Cl)c2)C1. The van der Waals surface area contributed by atoms with E-state index in [1.54, 1.807) is 6.07 Å². The first-order valence-corrected chi connectivity index (χ1v) is 6.96. The van der Waals surface area contributed by atoms with Gasteiger partial charge in [0.2, 0.25) is 0 Å². The molecule has 0 spiro atoms. The average Bonchev–Trinajstić information content (AvgIpc) is 2.35. The second-order valence-electron chi connectivity index (χ2n) is 4.89. The molecule has 0 amide bonds. The Morgan fingerprint density at radius 1 is 1.44 bits per heavy atom. The third-order valence-corrected chi connectivity index (χ3v) is 3.69. The molecule has 1 saturated heterocycles. The average molecular weight is 271 g/mol. The Balaban J connectivity index is 1.87. The zero-order valence-electron chi connectivity index (χ0n) is 10.8. The Kier molecular flexibility index (Phi) is 4.98. The van der Waals surface area contributed by atoms with Crippen molar-refractivity contribution in [3.63, 3.8) is 0 Å². The first kappa shape index (κ1) is 13.8. The number of nitrogens with zero attached hydrogens (tertiary/aromatic N) is 1. The number of nitrogens with one attached hydrogen (secondary N) is 1. The van der Waals surface area contributed by atoms with Crippen molar-refractivity contribution in [2.24, 2.45) is 0 Å². The summed E-state index contributed by atoms with van der Waals surface area (Å²) in [6.07, 6.45) is 2.43. The second kappa shape index (κ2) is 6.50. The van der Waals surface area contributed by atoms with Crippen LogP contribution in [0.1, 0.15) is 25.3 Å². The molecule has 18 heavy (non-hydrogen) atoms. The molecule has 1 atom stereocenters. The number of halogens is 2. The van der Waals surface area contributed by atoms with Crippen LogP contribution in [0.4, 0.5) is 4.39 Å². The van der Waals surface area contributed by atoms with Gasteiger partial charge in [0.15, 0.2) is 0 Å². The zero-order valence-corrected chi connectivity index (χ0v) is 11.5. The highest BCUT2D eigenvalue weighted by Gasteiger charge is 2.17. The molecule has 1 aromatic carbocycles. The van der Waals surface area contributed by atoms with Gasteiger partial charge < -0.3 is 10.2 Å². The van der Waals surface area contributed by atoms with Gasteiger partial charge in [-0.2, -0.15) is 0 Å². The van der Waals surface area contributed by atoms with Gasteiger partial charge in [0.25, 0.3) is 0 Å². The minimum Gasteiger partial charge on any atom is -0.309 e. The largest absolute Gasteiger partial charge is 0.309 e. The van der Waals surface area contributed by atoms with Crippen molar-refractivity contribution >= 4 is 11.6 Å². The summed E-state index contributed by atoms with van der Waals surface area (Å²) in [7, 11) is 0. The minimum absolute atomic E-state index is 0.266. The first-order valence-electron chi connectivity index (χ1n) is 6.58. The van der Waals surface area contributed by atoms with Crippen LogP contribution < -0.4 is 5.32 Å². The van der Waals surface area contributed by atoms with Crippen molar-refractivity contribution in [1.82, 2.24) is 10.2 Å². The molecule has 0 aromatic heterocycles. The number of hydrogen-bond acceptors (Lipinski definition) is 2. The first-order chi connectivity index (χ1) is 8.67. The van der Waals surface area contributed by atoms with Crippen LogP contribution in [0.3, 0.4) is 0 Å². The van der Waals surface area contributed by atoms with E-state index >= 15 is 0 Å². The predicted molar refractivity (Wildman–Crippen MR) is 73.4 cm³/mol. The van der Waals surface area contributed by atoms with E-state index in [0.29, 0.717) is 17.6 Å². The molecule has 2 rings (SSSR count). The normalized spacial score (nSPS) is 21.2. The number of rotatable bonds is 4. The lowest BCUT2D eigenvalue weighted by atomic mass is 10.1. The van der Waals surface area contributed by atoms with Crippen molar-refractivity contribution in [3.05, 3.63) is 34.6 Å². The van der Waals surface area contributed by atoms with Gasteiger partial charge in [-0.1, -0.05) is 18.5 Å². The monoisotopic (exact) mass is 270 g/mol. The maximum atomic E-state index is 13.2. The van der Waals surface area contributed by atoms with E-state index in [9.17, 15) is 4.39 Å². The molecule has 1 aliphatic heterocycles. The Hall–Kier alpha value is -0.640. The van der Waals surface area contributed by atoms with E-state index in [1.165, 1.54) is 25.5 Å². The number of piperidine rings is 1. The smallest absolute Gasteiger partial charge is 0.125 e. The summed E-state index contributed by atoms with van der Waals surface area (Å²) in [6.45, 7) is 6.25. The second-order valence-corrected chi connectivity index (χ2v) is 5.33. The van der Waals surface area contributed by atoms with Gasteiger partial charge in [-0.25, -0.2) is 4.39 Å². The zero-order chi connectivity index (χ0) is 13.0. The van der Waals surface area contributed by atoms with Crippen molar-refractivity contribution in [2.75, 3.05) is 19.6 Å². The lowest BCUT2D eigenvalue weighted by molar-refractivity contribution is 0.198. The summed E-state index contributed by atoms with van der Waals surface area (Å²) in [5.74, 6) is -0.266. The fraction of sp³-hybridized carbons (Fsp3) is 0.571. The molecule has 4 heteroatoms. The Morgan fingerprint density at radius 3 is 3.00 bits per heavy atom. The molecule has 2 nitrogen and oxygen atoms in total. The molecule has 1 aromatic rings. The molecule has 0 radical (unpaired) electrons. The van der Waals surface area contributed by atoms with Crippen LogP contribution in [0.5, 0.6) is 0 Å². The summed E-state index contributed by atoms with van der Waals surface area (Å²) in [5.41, 5.74) is 0.911. The van der Waals surface area contributed by atoms with Crippen LogP contribution >= 0.6 is 11.6 Å². The summed E-state index contributed by atoms with van der Waals surface area (Å²) in [5, 5.41) is 3.95. The van der Waals surface area contributed by atoms with Crippen LogP contribution in [-0.4, -0.2) is 30.6 Å². The lowest BCUT2D eigenvalue weighted by Gasteiger charge is -2.32. The number of likely N-dealkylation sites (N-methyl/N-ethyl adjacent to an activating group) is 1. The van der Waals surface area contributed by atoms with E-state index in [0.717, 1.165) is 18.7 Å². The lowest BCUT2D eigenvalue weighted by Crippen LogP contribution is -2.45. The van der Waals surface area contributed by atoms with Crippen LogP contribution in [0.15, 0.2) is 18.2 Å². The summed E-state index contributed by atoms with van der Waals surface area (Å²) in [6, 6.07) is 5.20. The molecule has 1 heterocycles. The van der Waals surface area contributed by atoms with E-state index in [1.807, 2.05) is 6.07 Å². The van der Waals surface area contributed by atoms with Crippen LogP contribution in [-0.2, 0) is 6.54 Å². The van der Waals surface area contributed by atoms with Crippen LogP contribution in [0.2, 0.25) is 5.02 Å². The highest BCUT2D eigenvalue weighted by atomic mass is 35.5. The van der Waals surface area contributed by atoms with Gasteiger partial charge in [-0.15, -0.1) is 0 Å². The summed E-state index contributed by atoms with van der Waals surface area (Å²) in [4.78, 5) is 2.44. The van der Waals surface area contributed by atoms with Crippen molar-refractivity contribution in [3.8, 4) is 0 Å². The summed E-state index contributed by atoms with van der Waals surface area (Å²) >= 11 is 5.84. The van der Waals surface area contributed by atoms with Gasteiger partial charge in [0.1, 0.15) is 5.82 Å². The van der Waals surface area contributed by atoms with Gasteiger partial charge in [0.05, 0.1) is 0 Å².